The molecule has 112 valence electrons. The van der Waals surface area contributed by atoms with Gasteiger partial charge in [-0.25, -0.2) is 19.9 Å². The Morgan fingerprint density at radius 3 is 2.70 bits per heavy atom. The summed E-state index contributed by atoms with van der Waals surface area (Å²) >= 11 is 2.76. The lowest BCUT2D eigenvalue weighted by molar-refractivity contribution is 0.102. The van der Waals surface area contributed by atoms with Crippen molar-refractivity contribution < 1.29 is 4.79 Å². The van der Waals surface area contributed by atoms with Gasteiger partial charge >= 0.3 is 0 Å². The predicted molar refractivity (Wildman–Crippen MR) is 90.7 cm³/mol. The van der Waals surface area contributed by atoms with Crippen molar-refractivity contribution in [1.82, 2.24) is 19.9 Å². The molecule has 3 aromatic heterocycles. The normalized spacial score (nSPS) is 10.8. The Morgan fingerprint density at radius 1 is 1.04 bits per heavy atom. The molecular weight excluding hydrogens is 330 g/mol. The summed E-state index contributed by atoms with van der Waals surface area (Å²) in [6, 6.07) is 9.47. The van der Waals surface area contributed by atoms with Gasteiger partial charge in [-0.3, -0.25) is 10.1 Å². The molecule has 1 aromatic carbocycles. The van der Waals surface area contributed by atoms with Gasteiger partial charge in [0.05, 0.1) is 10.2 Å². The van der Waals surface area contributed by atoms with Gasteiger partial charge in [-0.2, -0.15) is 0 Å². The highest BCUT2D eigenvalue weighted by molar-refractivity contribution is 7.22. The number of thiazole rings is 2. The van der Waals surface area contributed by atoms with E-state index in [0.29, 0.717) is 21.7 Å². The number of nitrogens with one attached hydrogen (secondary N) is 1. The number of hydrogen-bond donors (Lipinski definition) is 1. The van der Waals surface area contributed by atoms with Crippen LogP contribution >= 0.6 is 22.7 Å². The summed E-state index contributed by atoms with van der Waals surface area (Å²) in [7, 11) is 0. The number of nitrogens with zero attached hydrogens (tertiary/aromatic N) is 4. The van der Waals surface area contributed by atoms with Gasteiger partial charge < -0.3 is 0 Å². The summed E-state index contributed by atoms with van der Waals surface area (Å²) in [6.07, 6.45) is 3.29. The van der Waals surface area contributed by atoms with Crippen molar-refractivity contribution in [3.63, 3.8) is 0 Å². The maximum absolute atomic E-state index is 12.3. The summed E-state index contributed by atoms with van der Waals surface area (Å²) in [4.78, 5) is 29.2. The van der Waals surface area contributed by atoms with Crippen LogP contribution in [0.1, 0.15) is 10.5 Å². The molecule has 6 nitrogen and oxygen atoms in total. The third-order valence-corrected chi connectivity index (χ3v) is 4.80. The molecule has 0 saturated heterocycles. The maximum atomic E-state index is 12.3. The van der Waals surface area contributed by atoms with Gasteiger partial charge in [0.1, 0.15) is 5.69 Å². The fourth-order valence-electron chi connectivity index (χ4n) is 1.98. The lowest BCUT2D eigenvalue weighted by Crippen LogP contribution is -2.12. The summed E-state index contributed by atoms with van der Waals surface area (Å²) < 4.78 is 1.03. The fraction of sp³-hybridized carbons (Fsp3) is 0. The molecule has 0 aliphatic rings. The van der Waals surface area contributed by atoms with Crippen LogP contribution in [0.5, 0.6) is 0 Å². The first-order valence-corrected chi connectivity index (χ1v) is 8.39. The van der Waals surface area contributed by atoms with Crippen molar-refractivity contribution >= 4 is 43.9 Å². The Balaban J connectivity index is 1.56. The zero-order chi connectivity index (χ0) is 15.6. The second-order valence-corrected chi connectivity index (χ2v) is 6.44. The van der Waals surface area contributed by atoms with Crippen LogP contribution in [0.25, 0.3) is 21.0 Å². The molecule has 0 saturated carbocycles. The molecule has 4 rings (SSSR count). The van der Waals surface area contributed by atoms with Crippen LogP contribution < -0.4 is 5.32 Å². The van der Waals surface area contributed by atoms with Gasteiger partial charge in [-0.15, -0.1) is 11.3 Å². The van der Waals surface area contributed by atoms with Gasteiger partial charge in [0.2, 0.25) is 0 Å². The molecule has 1 amide bonds. The van der Waals surface area contributed by atoms with E-state index in [4.69, 9.17) is 0 Å². The SMILES string of the molecule is O=C(Nc1nc2ccccc2s1)c1csc(-c2ncccn2)n1. The molecule has 0 aliphatic carbocycles. The molecule has 0 fully saturated rings. The number of hydrogen-bond acceptors (Lipinski definition) is 7. The van der Waals surface area contributed by atoms with E-state index < -0.39 is 0 Å². The first-order chi connectivity index (χ1) is 11.3. The highest BCUT2D eigenvalue weighted by atomic mass is 32.1. The second kappa shape index (κ2) is 5.82. The van der Waals surface area contributed by atoms with Crippen molar-refractivity contribution in [3.05, 3.63) is 53.8 Å². The number of anilines is 1. The van der Waals surface area contributed by atoms with Crippen LogP contribution in [0, 0.1) is 0 Å². The van der Waals surface area contributed by atoms with E-state index in [1.54, 1.807) is 23.8 Å². The number of aromatic nitrogens is 4. The lowest BCUT2D eigenvalue weighted by Gasteiger charge is -1.97. The number of para-hydroxylation sites is 1. The van der Waals surface area contributed by atoms with Crippen molar-refractivity contribution in [2.45, 2.75) is 0 Å². The van der Waals surface area contributed by atoms with Gasteiger partial charge in [0, 0.05) is 17.8 Å². The molecule has 0 radical (unpaired) electrons. The first-order valence-electron chi connectivity index (χ1n) is 6.69. The van der Waals surface area contributed by atoms with Crippen LogP contribution in [0.3, 0.4) is 0 Å². The number of benzene rings is 1. The molecule has 8 heteroatoms. The summed E-state index contributed by atoms with van der Waals surface area (Å²) in [5.74, 6) is 0.221. The van der Waals surface area contributed by atoms with E-state index in [9.17, 15) is 4.79 Å². The number of carbonyl (C=O) groups is 1. The highest BCUT2D eigenvalue weighted by Gasteiger charge is 2.15. The number of rotatable bonds is 3. The van der Waals surface area contributed by atoms with E-state index in [0.717, 1.165) is 10.2 Å². The van der Waals surface area contributed by atoms with Crippen LogP contribution in [0.15, 0.2) is 48.1 Å². The quantitative estimate of drug-likeness (QED) is 0.618. The van der Waals surface area contributed by atoms with Crippen molar-refractivity contribution in [1.29, 1.82) is 0 Å². The molecule has 3 heterocycles. The van der Waals surface area contributed by atoms with Gasteiger partial charge in [0.15, 0.2) is 16.0 Å². The third kappa shape index (κ3) is 2.81. The molecule has 0 bridgehead atoms. The molecule has 0 atom stereocenters. The Hall–Kier alpha value is -2.71. The summed E-state index contributed by atoms with van der Waals surface area (Å²) in [6.45, 7) is 0. The highest BCUT2D eigenvalue weighted by Crippen LogP contribution is 2.26. The second-order valence-electron chi connectivity index (χ2n) is 4.55. The molecule has 0 unspecified atom stereocenters. The average molecular weight is 339 g/mol. The number of fused-ring (bicyclic) bond motifs is 1. The first kappa shape index (κ1) is 13.9. The zero-order valence-corrected chi connectivity index (χ0v) is 13.3. The summed E-state index contributed by atoms with van der Waals surface area (Å²) in [5.41, 5.74) is 1.20. The zero-order valence-electron chi connectivity index (χ0n) is 11.6. The molecular formula is C15H9N5OS2. The number of carbonyl (C=O) groups excluding carboxylic acids is 1. The van der Waals surface area contributed by atoms with Gasteiger partial charge in [-0.1, -0.05) is 23.5 Å². The number of amides is 1. The topological polar surface area (TPSA) is 80.7 Å². The minimum Gasteiger partial charge on any atom is -0.296 e. The van der Waals surface area contributed by atoms with Gasteiger partial charge in [0.25, 0.3) is 5.91 Å². The van der Waals surface area contributed by atoms with Crippen LogP contribution in [-0.4, -0.2) is 25.8 Å². The molecule has 0 spiro atoms. The van der Waals surface area contributed by atoms with E-state index in [2.05, 4.69) is 25.3 Å². The smallest absolute Gasteiger partial charge is 0.276 e. The van der Waals surface area contributed by atoms with Crippen LogP contribution in [0.4, 0.5) is 5.13 Å². The molecule has 1 N–H and O–H groups in total. The van der Waals surface area contributed by atoms with E-state index >= 15 is 0 Å². The fourth-order valence-corrected chi connectivity index (χ4v) is 3.58. The Bertz CT molecular complexity index is 947. The average Bonchev–Trinajstić information content (AvgIpc) is 3.22. The maximum Gasteiger partial charge on any atom is 0.276 e. The minimum atomic E-state index is -0.289. The third-order valence-electron chi connectivity index (χ3n) is 3.01. The molecule has 0 aliphatic heterocycles. The van der Waals surface area contributed by atoms with Crippen molar-refractivity contribution in [2.24, 2.45) is 0 Å². The summed E-state index contributed by atoms with van der Waals surface area (Å²) in [5, 5.41) is 5.64. The minimum absolute atomic E-state index is 0.289. The van der Waals surface area contributed by atoms with Crippen molar-refractivity contribution in [3.8, 4) is 10.8 Å². The Labute approximate surface area is 138 Å². The van der Waals surface area contributed by atoms with E-state index in [1.165, 1.54) is 22.7 Å². The monoisotopic (exact) mass is 339 g/mol. The van der Waals surface area contributed by atoms with Gasteiger partial charge in [-0.05, 0) is 18.2 Å². The Kier molecular flexibility index (Phi) is 3.52. The Morgan fingerprint density at radius 2 is 1.87 bits per heavy atom. The van der Waals surface area contributed by atoms with E-state index in [1.807, 2.05) is 24.3 Å². The lowest BCUT2D eigenvalue weighted by atomic mass is 10.3. The van der Waals surface area contributed by atoms with Crippen LogP contribution in [-0.2, 0) is 0 Å². The standard InChI is InChI=1S/C15H9N5OS2/c21-13(20-15-19-9-4-1-2-5-11(9)23-15)10-8-22-14(18-10)12-16-6-3-7-17-12/h1-8H,(H,19,20,21). The molecule has 23 heavy (non-hydrogen) atoms. The molecule has 4 aromatic rings. The van der Waals surface area contributed by atoms with Crippen molar-refractivity contribution in [2.75, 3.05) is 5.32 Å². The van der Waals surface area contributed by atoms with Crippen LogP contribution in [0.2, 0.25) is 0 Å². The van der Waals surface area contributed by atoms with E-state index in [-0.39, 0.29) is 5.91 Å². The largest absolute Gasteiger partial charge is 0.296 e. The predicted octanol–water partition coefficient (Wildman–Crippen LogP) is 3.46.